The first-order chi connectivity index (χ1) is 10.5. The van der Waals surface area contributed by atoms with E-state index in [1.165, 1.54) is 12.4 Å². The Bertz CT molecular complexity index is 818. The molecule has 3 rings (SSSR count). The summed E-state index contributed by atoms with van der Waals surface area (Å²) < 4.78 is 6.50. The van der Waals surface area contributed by atoms with E-state index in [9.17, 15) is 4.79 Å². The van der Waals surface area contributed by atoms with E-state index in [4.69, 9.17) is 4.52 Å². The van der Waals surface area contributed by atoms with Crippen molar-refractivity contribution < 1.29 is 9.32 Å². The molecule has 0 radical (unpaired) electrons. The van der Waals surface area contributed by atoms with Crippen molar-refractivity contribution in [2.24, 2.45) is 0 Å². The first-order valence-electron chi connectivity index (χ1n) is 6.63. The molecule has 0 bridgehead atoms. The number of carbonyl (C=O) groups excluding carboxylic acids is 1. The normalized spacial score (nSPS) is 10.7. The van der Waals surface area contributed by atoms with E-state index in [-0.39, 0.29) is 11.6 Å². The second-order valence-corrected chi connectivity index (χ2v) is 4.89. The van der Waals surface area contributed by atoms with Crippen LogP contribution in [0.3, 0.4) is 0 Å². The Balaban J connectivity index is 1.77. The van der Waals surface area contributed by atoms with Crippen LogP contribution >= 0.6 is 0 Å². The Morgan fingerprint density at radius 2 is 1.91 bits per heavy atom. The number of nitrogens with one attached hydrogen (secondary N) is 1. The fraction of sp³-hybridized carbons (Fsp3) is 0.214. The van der Waals surface area contributed by atoms with Gasteiger partial charge in [-0.1, -0.05) is 5.16 Å². The van der Waals surface area contributed by atoms with Crippen molar-refractivity contribution in [2.45, 2.75) is 20.8 Å². The Kier molecular flexibility index (Phi) is 3.42. The molecule has 0 saturated heterocycles. The van der Waals surface area contributed by atoms with Crippen LogP contribution in [0.1, 0.15) is 27.6 Å². The number of hydrogen-bond donors (Lipinski definition) is 1. The topological polar surface area (TPSA) is 98.7 Å². The Morgan fingerprint density at radius 3 is 2.45 bits per heavy atom. The lowest BCUT2D eigenvalue weighted by molar-refractivity contribution is 0.101. The summed E-state index contributed by atoms with van der Waals surface area (Å²) in [6.45, 7) is 5.54. The molecular formula is C14H14N6O2. The largest absolute Gasteiger partial charge is 0.361 e. The van der Waals surface area contributed by atoms with E-state index in [0.717, 1.165) is 11.4 Å². The van der Waals surface area contributed by atoms with Crippen molar-refractivity contribution in [3.05, 3.63) is 47.4 Å². The van der Waals surface area contributed by atoms with E-state index < -0.39 is 0 Å². The van der Waals surface area contributed by atoms with Crippen LogP contribution < -0.4 is 5.32 Å². The van der Waals surface area contributed by atoms with Crippen molar-refractivity contribution in [1.82, 2.24) is 24.9 Å². The standard InChI is InChI=1S/C14H14N6O2/c1-8-4-9(2)20(18-8)14-15-6-11(7-16-14)17-13(21)12-5-10(3)22-19-12/h4-7H,1-3H3,(H,17,21). The predicted octanol–water partition coefficient (Wildman–Crippen LogP) is 1.83. The van der Waals surface area contributed by atoms with Gasteiger partial charge in [0.1, 0.15) is 5.76 Å². The molecule has 0 fully saturated rings. The highest BCUT2D eigenvalue weighted by molar-refractivity contribution is 6.02. The van der Waals surface area contributed by atoms with Gasteiger partial charge in [0.2, 0.25) is 0 Å². The van der Waals surface area contributed by atoms with Gasteiger partial charge in [-0.25, -0.2) is 14.6 Å². The van der Waals surface area contributed by atoms with Crippen molar-refractivity contribution in [1.29, 1.82) is 0 Å². The minimum atomic E-state index is -0.376. The highest BCUT2D eigenvalue weighted by atomic mass is 16.5. The molecule has 3 aromatic rings. The molecule has 0 saturated carbocycles. The number of aryl methyl sites for hydroxylation is 3. The molecule has 3 heterocycles. The lowest BCUT2D eigenvalue weighted by Gasteiger charge is -2.04. The number of hydrogen-bond acceptors (Lipinski definition) is 6. The molecule has 0 spiro atoms. The van der Waals surface area contributed by atoms with Crippen LogP contribution in [0.25, 0.3) is 5.95 Å². The van der Waals surface area contributed by atoms with Crippen LogP contribution in [0.4, 0.5) is 5.69 Å². The van der Waals surface area contributed by atoms with Crippen LogP contribution in [-0.4, -0.2) is 30.8 Å². The fourth-order valence-electron chi connectivity index (χ4n) is 2.00. The van der Waals surface area contributed by atoms with Crippen molar-refractivity contribution in [3.63, 3.8) is 0 Å². The van der Waals surface area contributed by atoms with Gasteiger partial charge in [-0.05, 0) is 26.8 Å². The van der Waals surface area contributed by atoms with E-state index in [2.05, 4.69) is 25.5 Å². The molecule has 112 valence electrons. The van der Waals surface area contributed by atoms with Gasteiger partial charge in [-0.2, -0.15) is 5.10 Å². The second kappa shape index (κ2) is 5.40. The molecule has 22 heavy (non-hydrogen) atoms. The van der Waals surface area contributed by atoms with Crippen LogP contribution in [0.5, 0.6) is 0 Å². The minimum absolute atomic E-state index is 0.208. The zero-order valence-electron chi connectivity index (χ0n) is 12.4. The molecule has 0 aliphatic carbocycles. The van der Waals surface area contributed by atoms with Gasteiger partial charge < -0.3 is 9.84 Å². The van der Waals surface area contributed by atoms with Gasteiger partial charge >= 0.3 is 0 Å². The van der Waals surface area contributed by atoms with Gasteiger partial charge in [0.15, 0.2) is 5.69 Å². The van der Waals surface area contributed by atoms with Crippen LogP contribution in [0.15, 0.2) is 29.0 Å². The molecule has 8 nitrogen and oxygen atoms in total. The third-order valence-electron chi connectivity index (χ3n) is 2.96. The molecule has 0 atom stereocenters. The van der Waals surface area contributed by atoms with Crippen molar-refractivity contribution in [3.8, 4) is 5.95 Å². The maximum Gasteiger partial charge on any atom is 0.277 e. The van der Waals surface area contributed by atoms with E-state index in [0.29, 0.717) is 17.4 Å². The molecule has 3 aromatic heterocycles. The molecule has 0 aromatic carbocycles. The fourth-order valence-corrected chi connectivity index (χ4v) is 2.00. The van der Waals surface area contributed by atoms with Crippen LogP contribution in [0, 0.1) is 20.8 Å². The summed E-state index contributed by atoms with van der Waals surface area (Å²) >= 11 is 0. The second-order valence-electron chi connectivity index (χ2n) is 4.89. The Hall–Kier alpha value is -3.03. The first kappa shape index (κ1) is 13.9. The summed E-state index contributed by atoms with van der Waals surface area (Å²) in [6.07, 6.45) is 3.03. The summed E-state index contributed by atoms with van der Waals surface area (Å²) in [7, 11) is 0. The van der Waals surface area contributed by atoms with Crippen molar-refractivity contribution >= 4 is 11.6 Å². The van der Waals surface area contributed by atoms with Crippen LogP contribution in [0.2, 0.25) is 0 Å². The van der Waals surface area contributed by atoms with E-state index in [1.807, 2.05) is 19.9 Å². The smallest absolute Gasteiger partial charge is 0.277 e. The van der Waals surface area contributed by atoms with E-state index >= 15 is 0 Å². The summed E-state index contributed by atoms with van der Waals surface area (Å²) in [5, 5.41) is 10.6. The third-order valence-corrected chi connectivity index (χ3v) is 2.96. The molecule has 0 unspecified atom stereocenters. The number of aromatic nitrogens is 5. The zero-order chi connectivity index (χ0) is 15.7. The Morgan fingerprint density at radius 1 is 1.18 bits per heavy atom. The summed E-state index contributed by atoms with van der Waals surface area (Å²) in [5.41, 5.74) is 2.50. The molecule has 0 aliphatic rings. The summed E-state index contributed by atoms with van der Waals surface area (Å²) in [5.74, 6) is 0.640. The van der Waals surface area contributed by atoms with Gasteiger partial charge in [-0.3, -0.25) is 4.79 Å². The van der Waals surface area contributed by atoms with E-state index in [1.54, 1.807) is 17.7 Å². The number of rotatable bonds is 3. The number of carbonyl (C=O) groups is 1. The maximum absolute atomic E-state index is 11.9. The zero-order valence-corrected chi connectivity index (χ0v) is 12.4. The SMILES string of the molecule is Cc1cc(C)n(-c2ncc(NC(=O)c3cc(C)on3)cn2)n1. The van der Waals surface area contributed by atoms with Crippen molar-refractivity contribution in [2.75, 3.05) is 5.32 Å². The lowest BCUT2D eigenvalue weighted by atomic mass is 10.3. The number of amides is 1. The first-order valence-corrected chi connectivity index (χ1v) is 6.63. The van der Waals surface area contributed by atoms with Gasteiger partial charge in [0.25, 0.3) is 11.9 Å². The highest BCUT2D eigenvalue weighted by Gasteiger charge is 2.12. The third kappa shape index (κ3) is 2.71. The monoisotopic (exact) mass is 298 g/mol. The van der Waals surface area contributed by atoms with Crippen LogP contribution in [-0.2, 0) is 0 Å². The molecule has 0 aliphatic heterocycles. The molecule has 1 N–H and O–H groups in total. The van der Waals surface area contributed by atoms with Gasteiger partial charge in [0, 0.05) is 11.8 Å². The quantitative estimate of drug-likeness (QED) is 0.792. The molecular weight excluding hydrogens is 284 g/mol. The predicted molar refractivity (Wildman–Crippen MR) is 77.8 cm³/mol. The Labute approximate surface area is 126 Å². The molecule has 8 heteroatoms. The average molecular weight is 298 g/mol. The summed E-state index contributed by atoms with van der Waals surface area (Å²) in [4.78, 5) is 20.3. The number of anilines is 1. The van der Waals surface area contributed by atoms with Gasteiger partial charge in [0.05, 0.1) is 23.8 Å². The summed E-state index contributed by atoms with van der Waals surface area (Å²) in [6, 6.07) is 3.49. The van der Waals surface area contributed by atoms with Gasteiger partial charge in [-0.15, -0.1) is 0 Å². The highest BCUT2D eigenvalue weighted by Crippen LogP contribution is 2.11. The maximum atomic E-state index is 11.9. The minimum Gasteiger partial charge on any atom is -0.361 e. The average Bonchev–Trinajstić information content (AvgIpc) is 3.05. The lowest BCUT2D eigenvalue weighted by Crippen LogP contribution is -2.13. The number of nitrogens with zero attached hydrogens (tertiary/aromatic N) is 5. The molecule has 1 amide bonds.